The third kappa shape index (κ3) is 2.94. The highest BCUT2D eigenvalue weighted by molar-refractivity contribution is 8.13. The number of aromatic nitrogens is 4. The minimum absolute atomic E-state index is 0.123. The molecule has 0 spiro atoms. The Morgan fingerprint density at radius 3 is 2.67 bits per heavy atom. The molecule has 0 saturated carbocycles. The summed E-state index contributed by atoms with van der Waals surface area (Å²) in [6.45, 7) is 0.314. The van der Waals surface area contributed by atoms with Gasteiger partial charge < -0.3 is 4.57 Å². The molecule has 21 heavy (non-hydrogen) atoms. The molecule has 0 aliphatic carbocycles. The fourth-order valence-electron chi connectivity index (χ4n) is 2.23. The highest BCUT2D eigenvalue weighted by Crippen LogP contribution is 2.06. The first kappa shape index (κ1) is 15.6. The van der Waals surface area contributed by atoms with Crippen molar-refractivity contribution in [2.24, 2.45) is 14.1 Å². The molecule has 0 saturated heterocycles. The van der Waals surface area contributed by atoms with Crippen molar-refractivity contribution in [2.45, 2.75) is 25.8 Å². The van der Waals surface area contributed by atoms with Gasteiger partial charge in [0.25, 0.3) is 5.56 Å². The molecular formula is C13H18N4O3S. The Balaban J connectivity index is 2.28. The molecule has 2 aromatic heterocycles. The third-order valence-corrected chi connectivity index (χ3v) is 4.10. The predicted molar refractivity (Wildman–Crippen MR) is 82.6 cm³/mol. The average molecular weight is 310 g/mol. The summed E-state index contributed by atoms with van der Waals surface area (Å²) in [4.78, 5) is 39.9. The number of nitrogens with zero attached hydrogens (tertiary/aromatic N) is 4. The molecule has 7 nitrogen and oxygen atoms in total. The van der Waals surface area contributed by atoms with Gasteiger partial charge in [-0.3, -0.25) is 18.7 Å². The second-order valence-corrected chi connectivity index (χ2v) is 5.72. The first-order valence-corrected chi connectivity index (χ1v) is 7.87. The summed E-state index contributed by atoms with van der Waals surface area (Å²) in [5, 5.41) is 0.123. The van der Waals surface area contributed by atoms with Crippen molar-refractivity contribution >= 4 is 28.0 Å². The molecular weight excluding hydrogens is 292 g/mol. The SMILES string of the molecule is CSC(=O)CCCCn1c(=O)c2c(ncn2C)n(C)c1=O. The summed E-state index contributed by atoms with van der Waals surface area (Å²) in [6.07, 6.45) is 5.01. The third-order valence-electron chi connectivity index (χ3n) is 3.44. The number of fused-ring (bicyclic) bond motifs is 1. The van der Waals surface area contributed by atoms with E-state index in [-0.39, 0.29) is 16.4 Å². The first-order chi connectivity index (χ1) is 9.97. The van der Waals surface area contributed by atoms with Gasteiger partial charge >= 0.3 is 5.69 Å². The average Bonchev–Trinajstić information content (AvgIpc) is 2.86. The number of unbranched alkanes of at least 4 members (excludes halogenated alkanes) is 1. The van der Waals surface area contributed by atoms with Gasteiger partial charge in [-0.15, -0.1) is 0 Å². The lowest BCUT2D eigenvalue weighted by atomic mass is 10.2. The van der Waals surface area contributed by atoms with Crippen molar-refractivity contribution in [1.82, 2.24) is 18.7 Å². The van der Waals surface area contributed by atoms with Crippen molar-refractivity contribution < 1.29 is 4.79 Å². The summed E-state index contributed by atoms with van der Waals surface area (Å²) in [5.41, 5.74) is 0.102. The maximum Gasteiger partial charge on any atom is 0.332 e. The van der Waals surface area contributed by atoms with E-state index in [1.807, 2.05) is 0 Å². The zero-order valence-corrected chi connectivity index (χ0v) is 13.1. The van der Waals surface area contributed by atoms with E-state index in [4.69, 9.17) is 0 Å². The van der Waals surface area contributed by atoms with Crippen molar-refractivity contribution in [1.29, 1.82) is 0 Å². The van der Waals surface area contributed by atoms with Crippen LogP contribution in [0.2, 0.25) is 0 Å². The predicted octanol–water partition coefficient (Wildman–Crippen LogP) is 0.494. The Morgan fingerprint density at radius 1 is 1.29 bits per heavy atom. The van der Waals surface area contributed by atoms with Crippen LogP contribution in [0.5, 0.6) is 0 Å². The molecule has 114 valence electrons. The Bertz CT molecular complexity index is 787. The molecule has 2 rings (SSSR count). The van der Waals surface area contributed by atoms with Crippen LogP contribution in [0.25, 0.3) is 11.2 Å². The van der Waals surface area contributed by atoms with E-state index >= 15 is 0 Å². The second kappa shape index (κ2) is 6.30. The van der Waals surface area contributed by atoms with Crippen molar-refractivity contribution in [2.75, 3.05) is 6.26 Å². The number of thioether (sulfide) groups is 1. The Hall–Kier alpha value is -1.83. The van der Waals surface area contributed by atoms with Gasteiger partial charge in [0.05, 0.1) is 6.33 Å². The van der Waals surface area contributed by atoms with Gasteiger partial charge in [-0.1, -0.05) is 11.8 Å². The van der Waals surface area contributed by atoms with E-state index in [9.17, 15) is 14.4 Å². The lowest BCUT2D eigenvalue weighted by Crippen LogP contribution is -2.39. The van der Waals surface area contributed by atoms with E-state index in [1.165, 1.54) is 27.2 Å². The van der Waals surface area contributed by atoms with E-state index in [1.54, 1.807) is 24.9 Å². The molecule has 0 N–H and O–H groups in total. The summed E-state index contributed by atoms with van der Waals surface area (Å²) in [5.74, 6) is 0. The number of carbonyl (C=O) groups is 1. The molecule has 0 amide bonds. The molecule has 8 heteroatoms. The van der Waals surface area contributed by atoms with Crippen LogP contribution < -0.4 is 11.2 Å². The Kier molecular flexibility index (Phi) is 4.66. The fraction of sp³-hybridized carbons (Fsp3) is 0.538. The summed E-state index contributed by atoms with van der Waals surface area (Å²) in [7, 11) is 3.33. The standard InChI is InChI=1S/C13H18N4O3S/c1-15-8-14-11-10(15)12(19)17(13(20)16(11)2)7-5-4-6-9(18)21-3/h8H,4-7H2,1-3H3. The summed E-state index contributed by atoms with van der Waals surface area (Å²) >= 11 is 1.20. The van der Waals surface area contributed by atoms with Gasteiger partial charge in [0.15, 0.2) is 16.3 Å². The molecule has 0 fully saturated rings. The van der Waals surface area contributed by atoms with Gasteiger partial charge in [0.2, 0.25) is 0 Å². The van der Waals surface area contributed by atoms with E-state index < -0.39 is 0 Å². The van der Waals surface area contributed by atoms with Crippen LogP contribution >= 0.6 is 11.8 Å². The largest absolute Gasteiger partial charge is 0.332 e. The van der Waals surface area contributed by atoms with Crippen LogP contribution in [-0.2, 0) is 25.4 Å². The van der Waals surface area contributed by atoms with Gasteiger partial charge in [-0.2, -0.15) is 0 Å². The highest BCUT2D eigenvalue weighted by Gasteiger charge is 2.14. The van der Waals surface area contributed by atoms with Crippen LogP contribution in [0.1, 0.15) is 19.3 Å². The first-order valence-electron chi connectivity index (χ1n) is 6.65. The zero-order chi connectivity index (χ0) is 15.6. The lowest BCUT2D eigenvalue weighted by Gasteiger charge is -2.08. The monoisotopic (exact) mass is 310 g/mol. The number of rotatable bonds is 5. The number of carbonyl (C=O) groups excluding carboxylic acids is 1. The Labute approximate surface area is 125 Å². The van der Waals surface area contributed by atoms with Gasteiger partial charge in [0.1, 0.15) is 0 Å². The van der Waals surface area contributed by atoms with Crippen molar-refractivity contribution in [3.05, 3.63) is 27.2 Å². The van der Waals surface area contributed by atoms with Crippen LogP contribution in [0, 0.1) is 0 Å². The molecule has 0 unspecified atom stereocenters. The fourth-order valence-corrected chi connectivity index (χ4v) is 2.58. The molecule has 2 aromatic rings. The molecule has 0 bridgehead atoms. The number of aryl methyl sites for hydroxylation is 2. The van der Waals surface area contributed by atoms with E-state index in [2.05, 4.69) is 4.98 Å². The maximum atomic E-state index is 12.4. The van der Waals surface area contributed by atoms with Gasteiger partial charge in [0, 0.05) is 27.1 Å². The van der Waals surface area contributed by atoms with E-state index in [0.29, 0.717) is 37.0 Å². The van der Waals surface area contributed by atoms with Crippen molar-refractivity contribution in [3.8, 4) is 0 Å². The van der Waals surface area contributed by atoms with Crippen LogP contribution in [0.4, 0.5) is 0 Å². The summed E-state index contributed by atoms with van der Waals surface area (Å²) in [6, 6.07) is 0. The highest BCUT2D eigenvalue weighted by atomic mass is 32.2. The lowest BCUT2D eigenvalue weighted by molar-refractivity contribution is -0.111. The minimum atomic E-state index is -0.373. The Morgan fingerprint density at radius 2 is 2.00 bits per heavy atom. The summed E-state index contributed by atoms with van der Waals surface area (Å²) < 4.78 is 4.21. The topological polar surface area (TPSA) is 78.9 Å². The normalized spacial score (nSPS) is 11.2. The minimum Gasteiger partial charge on any atom is -0.328 e. The number of hydrogen-bond donors (Lipinski definition) is 0. The maximum absolute atomic E-state index is 12.4. The number of hydrogen-bond acceptors (Lipinski definition) is 5. The molecule has 0 aromatic carbocycles. The van der Waals surface area contributed by atoms with Gasteiger partial charge in [-0.25, -0.2) is 9.78 Å². The van der Waals surface area contributed by atoms with Crippen LogP contribution in [0.3, 0.4) is 0 Å². The molecule has 0 aliphatic rings. The molecule has 2 heterocycles. The van der Waals surface area contributed by atoms with Crippen molar-refractivity contribution in [3.63, 3.8) is 0 Å². The number of imidazole rings is 1. The quantitative estimate of drug-likeness (QED) is 0.751. The van der Waals surface area contributed by atoms with Gasteiger partial charge in [-0.05, 0) is 19.1 Å². The van der Waals surface area contributed by atoms with Crippen LogP contribution in [-0.4, -0.2) is 30.1 Å². The smallest absolute Gasteiger partial charge is 0.328 e. The zero-order valence-electron chi connectivity index (χ0n) is 12.3. The molecule has 0 radical (unpaired) electrons. The van der Waals surface area contributed by atoms with Crippen LogP contribution in [0.15, 0.2) is 15.9 Å². The molecule has 0 aliphatic heterocycles. The molecule has 0 atom stereocenters. The second-order valence-electron chi connectivity index (χ2n) is 4.86. The van der Waals surface area contributed by atoms with E-state index in [0.717, 1.165) is 0 Å².